The van der Waals surface area contributed by atoms with Crippen LogP contribution >= 0.6 is 34.8 Å². The van der Waals surface area contributed by atoms with Gasteiger partial charge in [-0.25, -0.2) is 0 Å². The molecule has 3 rings (SSSR count). The smallest absolute Gasteiger partial charge is 0.249 e. The van der Waals surface area contributed by atoms with Crippen LogP contribution < -0.4 is 10.6 Å². The molecule has 0 radical (unpaired) electrons. The van der Waals surface area contributed by atoms with Gasteiger partial charge in [-0.2, -0.15) is 10.1 Å². The molecule has 0 unspecified atom stereocenters. The Hall–Kier alpha value is -2.08. The van der Waals surface area contributed by atoms with Crippen LogP contribution in [0.2, 0.25) is 15.1 Å². The molecule has 23 heavy (non-hydrogen) atoms. The molecule has 0 amide bonds. The molecule has 0 fully saturated rings. The summed E-state index contributed by atoms with van der Waals surface area (Å²) in [5.74, 6) is 0.850. The number of rotatable bonds is 4. The minimum Gasteiger partial charge on any atom is -0.339 e. The molecule has 1 heterocycles. The lowest BCUT2D eigenvalue weighted by atomic mass is 10.3. The van der Waals surface area contributed by atoms with E-state index in [1.54, 1.807) is 30.3 Å². The van der Waals surface area contributed by atoms with E-state index in [9.17, 15) is 0 Å². The van der Waals surface area contributed by atoms with Crippen molar-refractivity contribution in [2.24, 2.45) is 0 Å². The lowest BCUT2D eigenvalue weighted by Crippen LogP contribution is -2.02. The zero-order valence-electron chi connectivity index (χ0n) is 11.6. The molecule has 1 aromatic heterocycles. The summed E-state index contributed by atoms with van der Waals surface area (Å²) in [6.45, 7) is 0. The quantitative estimate of drug-likeness (QED) is 0.654. The number of hydrogen-bond donors (Lipinski definition) is 2. The first kappa shape index (κ1) is 15.8. The average Bonchev–Trinajstić information content (AvgIpc) is 2.53. The van der Waals surface area contributed by atoms with Crippen molar-refractivity contribution < 1.29 is 0 Å². The maximum absolute atomic E-state index is 6.11. The Bertz CT molecular complexity index is 824. The third-order valence-corrected chi connectivity index (χ3v) is 3.65. The van der Waals surface area contributed by atoms with E-state index >= 15 is 0 Å². The lowest BCUT2D eigenvalue weighted by molar-refractivity contribution is 0.982. The Kier molecular flexibility index (Phi) is 4.81. The Morgan fingerprint density at radius 2 is 1.57 bits per heavy atom. The van der Waals surface area contributed by atoms with E-state index in [0.29, 0.717) is 32.5 Å². The highest BCUT2D eigenvalue weighted by Gasteiger charge is 2.05. The van der Waals surface area contributed by atoms with E-state index in [2.05, 4.69) is 25.8 Å². The lowest BCUT2D eigenvalue weighted by Gasteiger charge is -2.09. The first-order valence-electron chi connectivity index (χ1n) is 6.54. The van der Waals surface area contributed by atoms with Crippen LogP contribution in [-0.2, 0) is 0 Å². The molecule has 0 saturated heterocycles. The van der Waals surface area contributed by atoms with Gasteiger partial charge in [0.1, 0.15) is 0 Å². The summed E-state index contributed by atoms with van der Waals surface area (Å²) in [5.41, 5.74) is 1.48. The monoisotopic (exact) mass is 365 g/mol. The molecule has 0 atom stereocenters. The van der Waals surface area contributed by atoms with Crippen LogP contribution in [0.1, 0.15) is 0 Å². The molecular formula is C15H10Cl3N5. The Balaban J connectivity index is 1.78. The van der Waals surface area contributed by atoms with E-state index in [1.807, 2.05) is 12.1 Å². The van der Waals surface area contributed by atoms with Crippen molar-refractivity contribution in [3.8, 4) is 0 Å². The summed E-state index contributed by atoms with van der Waals surface area (Å²) in [6.07, 6.45) is 1.52. The molecule has 0 spiro atoms. The second-order valence-corrected chi connectivity index (χ2v) is 5.83. The molecule has 0 saturated carbocycles. The van der Waals surface area contributed by atoms with Gasteiger partial charge in [0.15, 0.2) is 5.82 Å². The van der Waals surface area contributed by atoms with Crippen LogP contribution in [-0.4, -0.2) is 15.2 Å². The van der Waals surface area contributed by atoms with Gasteiger partial charge in [0.25, 0.3) is 0 Å². The maximum Gasteiger partial charge on any atom is 0.249 e. The second-order valence-electron chi connectivity index (χ2n) is 4.55. The summed E-state index contributed by atoms with van der Waals surface area (Å²) >= 11 is 17.8. The zero-order chi connectivity index (χ0) is 16.2. The van der Waals surface area contributed by atoms with Gasteiger partial charge >= 0.3 is 0 Å². The predicted molar refractivity (Wildman–Crippen MR) is 94.3 cm³/mol. The van der Waals surface area contributed by atoms with E-state index in [-0.39, 0.29) is 0 Å². The number of nitrogens with zero attached hydrogens (tertiary/aromatic N) is 3. The van der Waals surface area contributed by atoms with Crippen molar-refractivity contribution >= 4 is 57.9 Å². The van der Waals surface area contributed by atoms with Crippen molar-refractivity contribution in [1.29, 1.82) is 0 Å². The first-order valence-corrected chi connectivity index (χ1v) is 7.68. The molecule has 0 aliphatic rings. The average molecular weight is 367 g/mol. The van der Waals surface area contributed by atoms with E-state index in [0.717, 1.165) is 5.69 Å². The van der Waals surface area contributed by atoms with Crippen LogP contribution in [0.25, 0.3) is 0 Å². The third kappa shape index (κ3) is 4.22. The molecule has 2 N–H and O–H groups in total. The van der Waals surface area contributed by atoms with Gasteiger partial charge in [-0.05, 0) is 42.5 Å². The van der Waals surface area contributed by atoms with Crippen molar-refractivity contribution in [3.63, 3.8) is 0 Å². The van der Waals surface area contributed by atoms with Gasteiger partial charge in [0.05, 0.1) is 16.9 Å². The standard InChI is InChI=1S/C15H10Cl3N5/c16-9-1-4-11(5-2-9)20-14-8-19-23-15(22-14)21-13-6-3-10(17)7-12(13)18/h1-8H,(H2,20,21,22,23). The third-order valence-electron chi connectivity index (χ3n) is 2.85. The van der Waals surface area contributed by atoms with Crippen LogP contribution in [0, 0.1) is 0 Å². The van der Waals surface area contributed by atoms with Crippen LogP contribution in [0.15, 0.2) is 48.7 Å². The largest absolute Gasteiger partial charge is 0.339 e. The van der Waals surface area contributed by atoms with Crippen molar-refractivity contribution in [2.75, 3.05) is 10.6 Å². The highest BCUT2D eigenvalue weighted by Crippen LogP contribution is 2.27. The van der Waals surface area contributed by atoms with Gasteiger partial charge in [0, 0.05) is 15.7 Å². The minimum absolute atomic E-state index is 0.313. The minimum atomic E-state index is 0.313. The van der Waals surface area contributed by atoms with Crippen LogP contribution in [0.5, 0.6) is 0 Å². The SMILES string of the molecule is Clc1ccc(Nc2cnnc(Nc3ccc(Cl)cc3Cl)n2)cc1. The Morgan fingerprint density at radius 1 is 0.826 bits per heavy atom. The van der Waals surface area contributed by atoms with Crippen molar-refractivity contribution in [1.82, 2.24) is 15.2 Å². The summed E-state index contributed by atoms with van der Waals surface area (Å²) in [5, 5.41) is 15.6. The molecule has 0 aliphatic carbocycles. The zero-order valence-corrected chi connectivity index (χ0v) is 13.9. The van der Waals surface area contributed by atoms with Crippen molar-refractivity contribution in [3.05, 3.63) is 63.7 Å². The van der Waals surface area contributed by atoms with Gasteiger partial charge < -0.3 is 10.6 Å². The van der Waals surface area contributed by atoms with Gasteiger partial charge in [-0.3, -0.25) is 0 Å². The summed E-state index contributed by atoms with van der Waals surface area (Å²) in [7, 11) is 0. The number of benzene rings is 2. The summed E-state index contributed by atoms with van der Waals surface area (Å²) in [4.78, 5) is 4.33. The molecular weight excluding hydrogens is 357 g/mol. The summed E-state index contributed by atoms with van der Waals surface area (Å²) < 4.78 is 0. The van der Waals surface area contributed by atoms with E-state index < -0.39 is 0 Å². The Morgan fingerprint density at radius 3 is 2.30 bits per heavy atom. The molecule has 5 nitrogen and oxygen atoms in total. The molecule has 0 aliphatic heterocycles. The van der Waals surface area contributed by atoms with E-state index in [4.69, 9.17) is 34.8 Å². The van der Waals surface area contributed by atoms with Crippen molar-refractivity contribution in [2.45, 2.75) is 0 Å². The van der Waals surface area contributed by atoms with Crippen LogP contribution in [0.4, 0.5) is 23.1 Å². The second kappa shape index (κ2) is 7.00. The number of anilines is 4. The van der Waals surface area contributed by atoms with Gasteiger partial charge in [0.2, 0.25) is 5.95 Å². The molecule has 2 aromatic carbocycles. The number of nitrogens with one attached hydrogen (secondary N) is 2. The summed E-state index contributed by atoms with van der Waals surface area (Å²) in [6, 6.07) is 12.3. The normalized spacial score (nSPS) is 10.4. The van der Waals surface area contributed by atoms with Gasteiger partial charge in [-0.15, -0.1) is 5.10 Å². The van der Waals surface area contributed by atoms with Crippen LogP contribution in [0.3, 0.4) is 0 Å². The number of halogens is 3. The fourth-order valence-electron chi connectivity index (χ4n) is 1.81. The Labute approximate surface area is 147 Å². The topological polar surface area (TPSA) is 62.7 Å². The fraction of sp³-hybridized carbons (Fsp3) is 0. The molecule has 8 heteroatoms. The predicted octanol–water partition coefficient (Wildman–Crippen LogP) is 5.32. The highest BCUT2D eigenvalue weighted by atomic mass is 35.5. The van der Waals surface area contributed by atoms with E-state index in [1.165, 1.54) is 6.20 Å². The molecule has 3 aromatic rings. The molecule has 116 valence electrons. The fourth-order valence-corrected chi connectivity index (χ4v) is 2.39. The molecule has 0 bridgehead atoms. The first-order chi connectivity index (χ1) is 11.1. The number of aromatic nitrogens is 3. The van der Waals surface area contributed by atoms with Gasteiger partial charge in [-0.1, -0.05) is 34.8 Å². The number of hydrogen-bond acceptors (Lipinski definition) is 5. The highest BCUT2D eigenvalue weighted by molar-refractivity contribution is 6.36. The maximum atomic E-state index is 6.11.